The average molecular weight is 360 g/mol. The van der Waals surface area contributed by atoms with Crippen LogP contribution in [0.1, 0.15) is 27.2 Å². The van der Waals surface area contributed by atoms with Gasteiger partial charge in [0.15, 0.2) is 0 Å². The fraction of sp³-hybridized carbons (Fsp3) is 0.136. The van der Waals surface area contributed by atoms with Gasteiger partial charge in [-0.1, -0.05) is 60.2 Å². The minimum atomic E-state index is -0.0363. The number of amides is 1. The summed E-state index contributed by atoms with van der Waals surface area (Å²) in [7, 11) is 0. The first-order chi connectivity index (χ1) is 12.7. The molecule has 0 spiro atoms. The highest BCUT2D eigenvalue weighted by molar-refractivity contribution is 7.17. The molecule has 0 aliphatic rings. The molecule has 0 saturated carbocycles. The van der Waals surface area contributed by atoms with Crippen molar-refractivity contribution < 1.29 is 4.79 Å². The van der Waals surface area contributed by atoms with E-state index in [2.05, 4.69) is 52.5 Å². The molecule has 0 saturated heterocycles. The molecule has 0 atom stereocenters. The lowest BCUT2D eigenvalue weighted by molar-refractivity contribution is 0.0942. The maximum Gasteiger partial charge on any atom is 0.268 e. The minimum Gasteiger partial charge on any atom is -0.347 e. The van der Waals surface area contributed by atoms with Gasteiger partial charge in [-0.25, -0.2) is 0 Å². The number of carbonyl (C=O) groups excluding carboxylic acids is 1. The molecule has 0 bridgehead atoms. The zero-order valence-electron chi connectivity index (χ0n) is 14.6. The molecule has 0 unspecified atom stereocenters. The first-order valence-corrected chi connectivity index (χ1v) is 9.53. The molecule has 26 heavy (non-hydrogen) atoms. The molecule has 0 aliphatic heterocycles. The highest BCUT2D eigenvalue weighted by Gasteiger charge is 2.16. The lowest BCUT2D eigenvalue weighted by Gasteiger charge is -2.11. The van der Waals surface area contributed by atoms with Crippen molar-refractivity contribution in [3.8, 4) is 0 Å². The van der Waals surface area contributed by atoms with Crippen LogP contribution in [-0.2, 0) is 13.1 Å². The number of benzene rings is 2. The van der Waals surface area contributed by atoms with Gasteiger partial charge >= 0.3 is 0 Å². The maximum atomic E-state index is 12.9. The number of thiophene rings is 1. The van der Waals surface area contributed by atoms with E-state index in [0.29, 0.717) is 18.8 Å². The van der Waals surface area contributed by atoms with Gasteiger partial charge in [0, 0.05) is 13.1 Å². The smallest absolute Gasteiger partial charge is 0.268 e. The lowest BCUT2D eigenvalue weighted by atomic mass is 10.1. The molecule has 2 aromatic heterocycles. The van der Waals surface area contributed by atoms with Crippen molar-refractivity contribution >= 4 is 27.5 Å². The summed E-state index contributed by atoms with van der Waals surface area (Å²) in [5.74, 6) is -0.0363. The quantitative estimate of drug-likeness (QED) is 0.534. The molecule has 0 aliphatic carbocycles. The van der Waals surface area contributed by atoms with Gasteiger partial charge in [-0.15, -0.1) is 11.3 Å². The standard InChI is InChI=1S/C22H20N2OS/c1-16-6-5-9-18(12-16)14-23-22(25)20-13-21-19(10-11-26-21)24(20)15-17-7-3-2-4-8-17/h2-13H,14-15H2,1H3,(H,23,25). The third-order valence-corrected chi connectivity index (χ3v) is 5.33. The van der Waals surface area contributed by atoms with Crippen molar-refractivity contribution in [3.05, 3.63) is 94.5 Å². The Hall–Kier alpha value is -2.85. The van der Waals surface area contributed by atoms with E-state index in [4.69, 9.17) is 0 Å². The fourth-order valence-electron chi connectivity index (χ4n) is 3.20. The largest absolute Gasteiger partial charge is 0.347 e. The predicted molar refractivity (Wildman–Crippen MR) is 108 cm³/mol. The molecule has 130 valence electrons. The number of fused-ring (bicyclic) bond motifs is 1. The predicted octanol–water partition coefficient (Wildman–Crippen LogP) is 4.99. The minimum absolute atomic E-state index is 0.0363. The van der Waals surface area contributed by atoms with Crippen LogP contribution in [0, 0.1) is 6.92 Å². The van der Waals surface area contributed by atoms with Crippen LogP contribution >= 0.6 is 11.3 Å². The Labute approximate surface area is 156 Å². The van der Waals surface area contributed by atoms with Crippen LogP contribution in [0.4, 0.5) is 0 Å². The third kappa shape index (κ3) is 3.41. The molecule has 4 rings (SSSR count). The molecule has 0 radical (unpaired) electrons. The van der Waals surface area contributed by atoms with Gasteiger partial charge in [0.25, 0.3) is 5.91 Å². The zero-order chi connectivity index (χ0) is 17.9. The highest BCUT2D eigenvalue weighted by Crippen LogP contribution is 2.26. The van der Waals surface area contributed by atoms with Crippen LogP contribution in [0.25, 0.3) is 10.2 Å². The molecule has 3 nitrogen and oxygen atoms in total. The number of carbonyl (C=O) groups is 1. The summed E-state index contributed by atoms with van der Waals surface area (Å²) in [5.41, 5.74) is 5.32. The SMILES string of the molecule is Cc1cccc(CNC(=O)c2cc3sccc3n2Cc2ccccc2)c1. The van der Waals surface area contributed by atoms with E-state index >= 15 is 0 Å². The average Bonchev–Trinajstić information content (AvgIpc) is 3.23. The summed E-state index contributed by atoms with van der Waals surface area (Å²) < 4.78 is 3.24. The first-order valence-electron chi connectivity index (χ1n) is 8.65. The van der Waals surface area contributed by atoms with Crippen molar-refractivity contribution in [2.75, 3.05) is 0 Å². The number of hydrogen-bond acceptors (Lipinski definition) is 2. The monoisotopic (exact) mass is 360 g/mol. The Kier molecular flexibility index (Phi) is 4.59. The Bertz CT molecular complexity index is 1050. The number of hydrogen-bond donors (Lipinski definition) is 1. The summed E-state index contributed by atoms with van der Waals surface area (Å²) in [6.07, 6.45) is 0. The summed E-state index contributed by atoms with van der Waals surface area (Å²) in [6.45, 7) is 3.28. The van der Waals surface area contributed by atoms with E-state index in [1.807, 2.05) is 36.4 Å². The van der Waals surface area contributed by atoms with E-state index in [-0.39, 0.29) is 5.91 Å². The summed E-state index contributed by atoms with van der Waals surface area (Å²) in [6, 6.07) is 22.5. The van der Waals surface area contributed by atoms with Gasteiger partial charge in [-0.05, 0) is 35.6 Å². The zero-order valence-corrected chi connectivity index (χ0v) is 15.4. The summed E-state index contributed by atoms with van der Waals surface area (Å²) >= 11 is 1.67. The van der Waals surface area contributed by atoms with Gasteiger partial charge in [0.05, 0.1) is 10.2 Å². The highest BCUT2D eigenvalue weighted by atomic mass is 32.1. The lowest BCUT2D eigenvalue weighted by Crippen LogP contribution is -2.25. The van der Waals surface area contributed by atoms with Gasteiger partial charge in [0.2, 0.25) is 0 Å². The second-order valence-electron chi connectivity index (χ2n) is 6.44. The Balaban J connectivity index is 1.60. The maximum absolute atomic E-state index is 12.9. The van der Waals surface area contributed by atoms with Crippen molar-refractivity contribution in [1.29, 1.82) is 0 Å². The second kappa shape index (κ2) is 7.18. The van der Waals surface area contributed by atoms with Crippen LogP contribution in [0.5, 0.6) is 0 Å². The molecule has 4 aromatic rings. The van der Waals surface area contributed by atoms with Gasteiger partial charge in [-0.2, -0.15) is 0 Å². The number of rotatable bonds is 5. The first kappa shape index (κ1) is 16.6. The molecule has 0 fully saturated rings. The van der Waals surface area contributed by atoms with Crippen molar-refractivity contribution in [2.24, 2.45) is 0 Å². The van der Waals surface area contributed by atoms with Crippen LogP contribution in [0.3, 0.4) is 0 Å². The van der Waals surface area contributed by atoms with Crippen LogP contribution in [0.2, 0.25) is 0 Å². The van der Waals surface area contributed by atoms with Gasteiger partial charge < -0.3 is 9.88 Å². The van der Waals surface area contributed by atoms with Gasteiger partial charge in [0.1, 0.15) is 5.69 Å². The van der Waals surface area contributed by atoms with Crippen molar-refractivity contribution in [1.82, 2.24) is 9.88 Å². The van der Waals surface area contributed by atoms with Crippen molar-refractivity contribution in [2.45, 2.75) is 20.0 Å². The normalized spacial score (nSPS) is 11.0. The molecular weight excluding hydrogens is 340 g/mol. The van der Waals surface area contributed by atoms with E-state index in [1.54, 1.807) is 11.3 Å². The van der Waals surface area contributed by atoms with E-state index in [0.717, 1.165) is 15.8 Å². The van der Waals surface area contributed by atoms with E-state index < -0.39 is 0 Å². The topological polar surface area (TPSA) is 34.0 Å². The number of nitrogens with one attached hydrogen (secondary N) is 1. The van der Waals surface area contributed by atoms with Crippen molar-refractivity contribution in [3.63, 3.8) is 0 Å². The van der Waals surface area contributed by atoms with Gasteiger partial charge in [-0.3, -0.25) is 4.79 Å². The van der Waals surface area contributed by atoms with Crippen LogP contribution < -0.4 is 5.32 Å². The number of aryl methyl sites for hydroxylation is 1. The second-order valence-corrected chi connectivity index (χ2v) is 7.39. The van der Waals surface area contributed by atoms with E-state index in [1.165, 1.54) is 11.1 Å². The van der Waals surface area contributed by atoms with Crippen LogP contribution in [-0.4, -0.2) is 10.5 Å². The molecule has 1 amide bonds. The van der Waals surface area contributed by atoms with Crippen LogP contribution in [0.15, 0.2) is 72.1 Å². The Morgan fingerprint density at radius 2 is 1.81 bits per heavy atom. The summed E-state index contributed by atoms with van der Waals surface area (Å²) in [5, 5.41) is 5.13. The molecular formula is C22H20N2OS. The fourth-order valence-corrected chi connectivity index (χ4v) is 4.02. The Morgan fingerprint density at radius 1 is 1.00 bits per heavy atom. The molecule has 1 N–H and O–H groups in total. The molecule has 2 heterocycles. The third-order valence-electron chi connectivity index (χ3n) is 4.47. The number of aromatic nitrogens is 1. The molecule has 4 heteroatoms. The Morgan fingerprint density at radius 3 is 2.62 bits per heavy atom. The number of nitrogens with zero attached hydrogens (tertiary/aromatic N) is 1. The van der Waals surface area contributed by atoms with E-state index in [9.17, 15) is 4.79 Å². The summed E-state index contributed by atoms with van der Waals surface area (Å²) in [4.78, 5) is 12.9. The molecule has 2 aromatic carbocycles.